The van der Waals surface area contributed by atoms with Crippen molar-refractivity contribution in [3.63, 3.8) is 0 Å². The topological polar surface area (TPSA) is 20.3 Å². The van der Waals surface area contributed by atoms with Crippen molar-refractivity contribution in [3.8, 4) is 0 Å². The number of halogens is 4. The zero-order valence-corrected chi connectivity index (χ0v) is 10.2. The Labute approximate surface area is 107 Å². The minimum Gasteiger partial charge on any atom is -0.338 e. The van der Waals surface area contributed by atoms with Crippen molar-refractivity contribution in [2.45, 2.75) is 6.42 Å². The number of alkyl halides is 1. The molecule has 2 nitrogen and oxygen atoms in total. The number of carbonyl (C=O) groups excluding carboxylic acids is 1. The zero-order valence-electron chi connectivity index (χ0n) is 9.43. The average Bonchev–Trinajstić information content (AvgIpc) is 2.83. The lowest BCUT2D eigenvalue weighted by Gasteiger charge is -2.16. The first-order chi connectivity index (χ1) is 8.52. The predicted octanol–water partition coefficient (Wildman–Crippen LogP) is 2.80. The molecule has 1 aliphatic heterocycles. The SMILES string of the molecule is O=C(c1cc(F)c(F)c(F)c1)N1CCC(CCl)C1. The molecule has 6 heteroatoms. The molecule has 1 saturated heterocycles. The van der Waals surface area contributed by atoms with Gasteiger partial charge in [-0.15, -0.1) is 11.6 Å². The van der Waals surface area contributed by atoms with E-state index in [0.717, 1.165) is 18.6 Å². The lowest BCUT2D eigenvalue weighted by molar-refractivity contribution is 0.0787. The first-order valence-electron chi connectivity index (χ1n) is 5.52. The van der Waals surface area contributed by atoms with Gasteiger partial charge in [-0.1, -0.05) is 0 Å². The van der Waals surface area contributed by atoms with Crippen molar-refractivity contribution in [3.05, 3.63) is 35.1 Å². The van der Waals surface area contributed by atoms with Gasteiger partial charge in [0.2, 0.25) is 0 Å². The number of rotatable bonds is 2. The molecule has 0 aliphatic carbocycles. The summed E-state index contributed by atoms with van der Waals surface area (Å²) in [7, 11) is 0. The van der Waals surface area contributed by atoms with E-state index < -0.39 is 23.4 Å². The molecular formula is C12H11ClF3NO. The molecule has 1 fully saturated rings. The van der Waals surface area contributed by atoms with Crippen LogP contribution in [0, 0.1) is 23.4 Å². The van der Waals surface area contributed by atoms with Gasteiger partial charge in [-0.3, -0.25) is 4.79 Å². The van der Waals surface area contributed by atoms with Crippen molar-refractivity contribution in [1.82, 2.24) is 4.90 Å². The zero-order chi connectivity index (χ0) is 13.3. The van der Waals surface area contributed by atoms with Gasteiger partial charge in [0.1, 0.15) is 0 Å². The van der Waals surface area contributed by atoms with E-state index in [1.54, 1.807) is 0 Å². The second-order valence-electron chi connectivity index (χ2n) is 4.31. The van der Waals surface area contributed by atoms with Gasteiger partial charge < -0.3 is 4.90 Å². The van der Waals surface area contributed by atoms with Crippen molar-refractivity contribution >= 4 is 17.5 Å². The fourth-order valence-electron chi connectivity index (χ4n) is 2.00. The van der Waals surface area contributed by atoms with Crippen molar-refractivity contribution in [2.24, 2.45) is 5.92 Å². The summed E-state index contributed by atoms with van der Waals surface area (Å²) in [4.78, 5) is 13.4. The largest absolute Gasteiger partial charge is 0.338 e. The lowest BCUT2D eigenvalue weighted by Crippen LogP contribution is -2.29. The molecule has 0 radical (unpaired) electrons. The smallest absolute Gasteiger partial charge is 0.254 e. The minimum absolute atomic E-state index is 0.179. The van der Waals surface area contributed by atoms with Gasteiger partial charge in [-0.25, -0.2) is 13.2 Å². The van der Waals surface area contributed by atoms with Crippen molar-refractivity contribution in [1.29, 1.82) is 0 Å². The highest BCUT2D eigenvalue weighted by Crippen LogP contribution is 2.21. The third-order valence-electron chi connectivity index (χ3n) is 3.02. The van der Waals surface area contributed by atoms with Crippen LogP contribution < -0.4 is 0 Å². The Hall–Kier alpha value is -1.23. The van der Waals surface area contributed by atoms with E-state index in [9.17, 15) is 18.0 Å². The molecule has 2 rings (SSSR count). The molecule has 1 aromatic carbocycles. The Bertz CT molecular complexity index is 457. The predicted molar refractivity (Wildman–Crippen MR) is 61.0 cm³/mol. The minimum atomic E-state index is -1.56. The molecule has 1 unspecified atom stereocenters. The second kappa shape index (κ2) is 5.18. The quantitative estimate of drug-likeness (QED) is 0.601. The first-order valence-corrected chi connectivity index (χ1v) is 6.06. The summed E-state index contributed by atoms with van der Waals surface area (Å²) in [5.41, 5.74) is -0.179. The van der Waals surface area contributed by atoms with Crippen molar-refractivity contribution in [2.75, 3.05) is 19.0 Å². The molecule has 0 bridgehead atoms. The number of hydrogen-bond acceptors (Lipinski definition) is 1. The van der Waals surface area contributed by atoms with Crippen LogP contribution in [0.1, 0.15) is 16.8 Å². The van der Waals surface area contributed by atoms with Gasteiger partial charge in [0.25, 0.3) is 5.91 Å². The van der Waals surface area contributed by atoms with Crippen LogP contribution in [-0.4, -0.2) is 29.8 Å². The number of benzene rings is 1. The van der Waals surface area contributed by atoms with Crippen LogP contribution in [0.25, 0.3) is 0 Å². The van der Waals surface area contributed by atoms with Crippen LogP contribution >= 0.6 is 11.6 Å². The molecule has 0 aromatic heterocycles. The molecule has 0 N–H and O–H groups in total. The van der Waals surface area contributed by atoms with E-state index in [1.165, 1.54) is 4.90 Å². The summed E-state index contributed by atoms with van der Waals surface area (Å²) in [5.74, 6) is -4.13. The van der Waals surface area contributed by atoms with Crippen molar-refractivity contribution < 1.29 is 18.0 Å². The summed E-state index contributed by atoms with van der Waals surface area (Å²) >= 11 is 5.69. The maximum Gasteiger partial charge on any atom is 0.254 e. The Kier molecular flexibility index (Phi) is 3.80. The molecule has 1 atom stereocenters. The van der Waals surface area contributed by atoms with E-state index in [2.05, 4.69) is 0 Å². The second-order valence-corrected chi connectivity index (χ2v) is 4.62. The van der Waals surface area contributed by atoms with Gasteiger partial charge >= 0.3 is 0 Å². The molecule has 1 aliphatic rings. The highest BCUT2D eigenvalue weighted by atomic mass is 35.5. The fourth-order valence-corrected chi connectivity index (χ4v) is 2.26. The summed E-state index contributed by atoms with van der Waals surface area (Å²) < 4.78 is 38.8. The Morgan fingerprint density at radius 3 is 2.44 bits per heavy atom. The highest BCUT2D eigenvalue weighted by Gasteiger charge is 2.27. The maximum absolute atomic E-state index is 13.0. The molecule has 18 heavy (non-hydrogen) atoms. The van der Waals surface area contributed by atoms with E-state index in [4.69, 9.17) is 11.6 Å². The molecule has 98 valence electrons. The van der Waals surface area contributed by atoms with Crippen LogP contribution in [-0.2, 0) is 0 Å². The fraction of sp³-hybridized carbons (Fsp3) is 0.417. The third-order valence-corrected chi connectivity index (χ3v) is 3.46. The molecule has 0 spiro atoms. The molecule has 1 amide bonds. The number of amides is 1. The van der Waals surface area contributed by atoms with Gasteiger partial charge in [-0.2, -0.15) is 0 Å². The summed E-state index contributed by atoms with van der Waals surface area (Å²) in [6, 6.07) is 1.43. The average molecular weight is 278 g/mol. The van der Waals surface area contributed by atoms with Crippen LogP contribution in [0.4, 0.5) is 13.2 Å². The highest BCUT2D eigenvalue weighted by molar-refractivity contribution is 6.18. The number of likely N-dealkylation sites (tertiary alicyclic amines) is 1. The maximum atomic E-state index is 13.0. The van der Waals surface area contributed by atoms with E-state index in [0.29, 0.717) is 19.0 Å². The van der Waals surface area contributed by atoms with E-state index in [1.807, 2.05) is 0 Å². The monoisotopic (exact) mass is 277 g/mol. The summed E-state index contributed by atoms with van der Waals surface area (Å²) in [5, 5.41) is 0. The Morgan fingerprint density at radius 2 is 1.94 bits per heavy atom. The lowest BCUT2D eigenvalue weighted by atomic mass is 10.1. The molecular weight excluding hydrogens is 267 g/mol. The molecule has 1 aromatic rings. The molecule has 1 heterocycles. The normalized spacial score (nSPS) is 19.3. The Morgan fingerprint density at radius 1 is 1.33 bits per heavy atom. The van der Waals surface area contributed by atoms with E-state index in [-0.39, 0.29) is 11.5 Å². The number of carbonyl (C=O) groups is 1. The Balaban J connectivity index is 2.19. The van der Waals surface area contributed by atoms with Crippen LogP contribution in [0.5, 0.6) is 0 Å². The first kappa shape index (κ1) is 13.2. The third kappa shape index (κ3) is 2.46. The number of hydrogen-bond donors (Lipinski definition) is 0. The van der Waals surface area contributed by atoms with Gasteiger partial charge in [0.15, 0.2) is 17.5 Å². The standard InChI is InChI=1S/C12H11ClF3NO/c13-5-7-1-2-17(6-7)12(18)8-3-9(14)11(16)10(15)4-8/h3-4,7H,1-2,5-6H2. The van der Waals surface area contributed by atoms with E-state index >= 15 is 0 Å². The summed E-state index contributed by atoms with van der Waals surface area (Å²) in [6.45, 7) is 0.958. The van der Waals surface area contributed by atoms with Crippen LogP contribution in [0.15, 0.2) is 12.1 Å². The van der Waals surface area contributed by atoms with Gasteiger partial charge in [0.05, 0.1) is 0 Å². The van der Waals surface area contributed by atoms with Gasteiger partial charge in [0, 0.05) is 24.5 Å². The van der Waals surface area contributed by atoms with Gasteiger partial charge in [-0.05, 0) is 24.5 Å². The summed E-state index contributed by atoms with van der Waals surface area (Å²) in [6.07, 6.45) is 0.765. The number of nitrogens with zero attached hydrogens (tertiary/aromatic N) is 1. The van der Waals surface area contributed by atoms with Crippen LogP contribution in [0.3, 0.4) is 0 Å². The van der Waals surface area contributed by atoms with Crippen LogP contribution in [0.2, 0.25) is 0 Å². The molecule has 0 saturated carbocycles.